The quantitative estimate of drug-likeness (QED) is 0.721. The van der Waals surface area contributed by atoms with E-state index in [9.17, 15) is 14.4 Å². The molecule has 0 radical (unpaired) electrons. The number of nitriles is 1. The summed E-state index contributed by atoms with van der Waals surface area (Å²) in [6, 6.07) is 14.8. The number of esters is 1. The number of carbonyl (C=O) groups is 3. The molecule has 2 rings (SSSR count). The fraction of sp³-hybridized carbons (Fsp3) is 0.200. The first-order valence-electron chi connectivity index (χ1n) is 8.31. The average Bonchev–Trinajstić information content (AvgIpc) is 2.68. The molecular formula is C20H18ClN3O4. The van der Waals surface area contributed by atoms with Crippen LogP contribution in [0.3, 0.4) is 0 Å². The smallest absolute Gasteiger partial charge is 0.338 e. The molecule has 28 heavy (non-hydrogen) atoms. The molecule has 0 fully saturated rings. The van der Waals surface area contributed by atoms with Crippen molar-refractivity contribution >= 4 is 35.1 Å². The fourth-order valence-electron chi connectivity index (χ4n) is 2.24. The Hall–Kier alpha value is -3.37. The van der Waals surface area contributed by atoms with Crippen LogP contribution in [0.4, 0.5) is 5.69 Å². The van der Waals surface area contributed by atoms with Gasteiger partial charge in [-0.15, -0.1) is 0 Å². The van der Waals surface area contributed by atoms with Gasteiger partial charge in [-0.3, -0.25) is 9.59 Å². The lowest BCUT2D eigenvalue weighted by atomic mass is 10.2. The van der Waals surface area contributed by atoms with Gasteiger partial charge in [-0.25, -0.2) is 4.79 Å². The first-order valence-corrected chi connectivity index (χ1v) is 8.69. The van der Waals surface area contributed by atoms with Gasteiger partial charge in [0.25, 0.3) is 5.91 Å². The SMILES string of the molecule is CN(Cc1ccc(Cl)cc1)C(=O)COC(=O)c1ccc(NC(=O)CC#N)cc1. The number of carbonyl (C=O) groups excluding carboxylic acids is 3. The summed E-state index contributed by atoms with van der Waals surface area (Å²) in [6.07, 6.45) is -0.255. The number of rotatable bonds is 7. The Labute approximate surface area is 167 Å². The first kappa shape index (κ1) is 20.9. The average molecular weight is 400 g/mol. The molecule has 2 aromatic rings. The second-order valence-electron chi connectivity index (χ2n) is 5.91. The van der Waals surface area contributed by atoms with E-state index in [0.29, 0.717) is 17.3 Å². The van der Waals surface area contributed by atoms with Gasteiger partial charge in [0.2, 0.25) is 5.91 Å². The number of nitrogens with zero attached hydrogens (tertiary/aromatic N) is 2. The van der Waals surface area contributed by atoms with E-state index in [-0.39, 0.29) is 24.5 Å². The highest BCUT2D eigenvalue weighted by Gasteiger charge is 2.14. The number of anilines is 1. The van der Waals surface area contributed by atoms with E-state index in [4.69, 9.17) is 21.6 Å². The van der Waals surface area contributed by atoms with Crippen LogP contribution in [-0.4, -0.2) is 36.3 Å². The number of nitrogens with one attached hydrogen (secondary N) is 1. The van der Waals surface area contributed by atoms with Crippen LogP contribution in [0.1, 0.15) is 22.3 Å². The summed E-state index contributed by atoms with van der Waals surface area (Å²) < 4.78 is 5.05. The summed E-state index contributed by atoms with van der Waals surface area (Å²) in [7, 11) is 1.61. The fourth-order valence-corrected chi connectivity index (χ4v) is 2.37. The summed E-state index contributed by atoms with van der Waals surface area (Å²) >= 11 is 5.83. The van der Waals surface area contributed by atoms with Crippen molar-refractivity contribution < 1.29 is 19.1 Å². The zero-order valence-electron chi connectivity index (χ0n) is 15.1. The molecule has 144 valence electrons. The van der Waals surface area contributed by atoms with E-state index < -0.39 is 11.9 Å². The van der Waals surface area contributed by atoms with Crippen molar-refractivity contribution in [2.45, 2.75) is 13.0 Å². The van der Waals surface area contributed by atoms with Crippen LogP contribution in [0.15, 0.2) is 48.5 Å². The van der Waals surface area contributed by atoms with Crippen molar-refractivity contribution in [3.63, 3.8) is 0 Å². The zero-order valence-corrected chi connectivity index (χ0v) is 15.9. The molecule has 8 heteroatoms. The molecule has 0 bridgehead atoms. The number of hydrogen-bond acceptors (Lipinski definition) is 5. The Morgan fingerprint density at radius 3 is 2.36 bits per heavy atom. The van der Waals surface area contributed by atoms with Gasteiger partial charge in [0.05, 0.1) is 11.6 Å². The van der Waals surface area contributed by atoms with Crippen LogP contribution in [0.25, 0.3) is 0 Å². The summed E-state index contributed by atoms with van der Waals surface area (Å²) in [5.74, 6) is -1.43. The van der Waals surface area contributed by atoms with Gasteiger partial charge in [-0.05, 0) is 42.0 Å². The maximum atomic E-state index is 12.1. The maximum Gasteiger partial charge on any atom is 0.338 e. The van der Waals surface area contributed by atoms with Crippen molar-refractivity contribution in [2.24, 2.45) is 0 Å². The standard InChI is InChI=1S/C20H18ClN3O4/c1-24(12-14-2-6-16(21)7-3-14)19(26)13-28-20(27)15-4-8-17(9-5-15)23-18(25)10-11-22/h2-9H,10,12-13H2,1H3,(H,23,25). The zero-order chi connectivity index (χ0) is 20.5. The molecule has 0 saturated heterocycles. The van der Waals surface area contributed by atoms with E-state index in [0.717, 1.165) is 5.56 Å². The predicted molar refractivity (Wildman–Crippen MR) is 104 cm³/mol. The van der Waals surface area contributed by atoms with Gasteiger partial charge in [-0.1, -0.05) is 23.7 Å². The Morgan fingerprint density at radius 1 is 1.11 bits per heavy atom. The van der Waals surface area contributed by atoms with E-state index in [1.807, 2.05) is 12.1 Å². The first-order chi connectivity index (χ1) is 13.4. The second-order valence-corrected chi connectivity index (χ2v) is 6.35. The summed E-state index contributed by atoms with van der Waals surface area (Å²) in [5.41, 5.74) is 1.60. The molecule has 2 aromatic carbocycles. The second kappa shape index (κ2) is 10.1. The van der Waals surface area contributed by atoms with E-state index in [2.05, 4.69) is 5.32 Å². The molecule has 0 aliphatic rings. The molecule has 0 atom stereocenters. The Balaban J connectivity index is 1.83. The third-order valence-electron chi connectivity index (χ3n) is 3.73. The lowest BCUT2D eigenvalue weighted by molar-refractivity contribution is -0.133. The number of likely N-dealkylation sites (N-methyl/N-ethyl adjacent to an activating group) is 1. The minimum atomic E-state index is -0.650. The molecular weight excluding hydrogens is 382 g/mol. The molecule has 0 aliphatic carbocycles. The highest BCUT2D eigenvalue weighted by atomic mass is 35.5. The van der Waals surface area contributed by atoms with Crippen molar-refractivity contribution in [1.82, 2.24) is 4.90 Å². The van der Waals surface area contributed by atoms with Gasteiger partial charge in [0.1, 0.15) is 6.42 Å². The van der Waals surface area contributed by atoms with Crippen LogP contribution in [0.2, 0.25) is 5.02 Å². The van der Waals surface area contributed by atoms with Gasteiger partial charge in [0, 0.05) is 24.3 Å². The lowest BCUT2D eigenvalue weighted by Gasteiger charge is -2.17. The summed E-state index contributed by atoms with van der Waals surface area (Å²) in [6.45, 7) is -0.0196. The third kappa shape index (κ3) is 6.41. The lowest BCUT2D eigenvalue weighted by Crippen LogP contribution is -2.30. The van der Waals surface area contributed by atoms with Crippen molar-refractivity contribution in [1.29, 1.82) is 5.26 Å². The van der Waals surface area contributed by atoms with Crippen molar-refractivity contribution in [3.8, 4) is 6.07 Å². The van der Waals surface area contributed by atoms with Gasteiger partial charge >= 0.3 is 5.97 Å². The van der Waals surface area contributed by atoms with Crippen LogP contribution < -0.4 is 5.32 Å². The van der Waals surface area contributed by atoms with E-state index >= 15 is 0 Å². The molecule has 7 nitrogen and oxygen atoms in total. The van der Waals surface area contributed by atoms with Crippen LogP contribution in [-0.2, 0) is 20.9 Å². The normalized spacial score (nSPS) is 9.89. The van der Waals surface area contributed by atoms with Gasteiger partial charge in [-0.2, -0.15) is 5.26 Å². The Kier molecular flexibility index (Phi) is 7.55. The van der Waals surface area contributed by atoms with Gasteiger partial charge in [0.15, 0.2) is 6.61 Å². The van der Waals surface area contributed by atoms with Crippen LogP contribution in [0, 0.1) is 11.3 Å². The Morgan fingerprint density at radius 2 is 1.75 bits per heavy atom. The number of halogens is 1. The minimum absolute atomic E-state index is 0.242. The predicted octanol–water partition coefficient (Wildman–Crippen LogP) is 3.01. The van der Waals surface area contributed by atoms with Gasteiger partial charge < -0.3 is 15.0 Å². The monoisotopic (exact) mass is 399 g/mol. The molecule has 2 amide bonds. The number of ether oxygens (including phenoxy) is 1. The third-order valence-corrected chi connectivity index (χ3v) is 3.98. The molecule has 0 unspecified atom stereocenters. The summed E-state index contributed by atoms with van der Waals surface area (Å²) in [4.78, 5) is 37.0. The van der Waals surface area contributed by atoms with E-state index in [1.54, 1.807) is 25.2 Å². The molecule has 0 saturated carbocycles. The molecule has 0 aromatic heterocycles. The van der Waals surface area contributed by atoms with E-state index in [1.165, 1.54) is 29.2 Å². The number of amides is 2. The van der Waals surface area contributed by atoms with Crippen LogP contribution in [0.5, 0.6) is 0 Å². The molecule has 0 heterocycles. The van der Waals surface area contributed by atoms with Crippen molar-refractivity contribution in [2.75, 3.05) is 19.0 Å². The molecule has 0 spiro atoms. The number of benzene rings is 2. The Bertz CT molecular complexity index is 889. The van der Waals surface area contributed by atoms with Crippen molar-refractivity contribution in [3.05, 3.63) is 64.7 Å². The molecule has 0 aliphatic heterocycles. The highest BCUT2D eigenvalue weighted by Crippen LogP contribution is 2.12. The number of hydrogen-bond donors (Lipinski definition) is 1. The van der Waals surface area contributed by atoms with Crippen LogP contribution >= 0.6 is 11.6 Å². The maximum absolute atomic E-state index is 12.1. The topological polar surface area (TPSA) is 99.5 Å². The minimum Gasteiger partial charge on any atom is -0.452 e. The summed E-state index contributed by atoms with van der Waals surface area (Å²) in [5, 5.41) is 11.6. The highest BCUT2D eigenvalue weighted by molar-refractivity contribution is 6.30. The molecule has 1 N–H and O–H groups in total. The largest absolute Gasteiger partial charge is 0.452 e.